The van der Waals surface area contributed by atoms with Crippen molar-refractivity contribution < 1.29 is 19.0 Å². The summed E-state index contributed by atoms with van der Waals surface area (Å²) < 4.78 is 17.1. The highest BCUT2D eigenvalue weighted by Crippen LogP contribution is 2.37. The van der Waals surface area contributed by atoms with Crippen LogP contribution in [0.5, 0.6) is 11.6 Å². The van der Waals surface area contributed by atoms with E-state index in [0.717, 1.165) is 0 Å². The summed E-state index contributed by atoms with van der Waals surface area (Å²) in [5.41, 5.74) is -3.68. The molecule has 0 spiro atoms. The molecule has 0 aliphatic carbocycles. The molecule has 0 saturated carbocycles. The van der Waals surface area contributed by atoms with Gasteiger partial charge in [-0.3, -0.25) is 9.59 Å². The van der Waals surface area contributed by atoms with E-state index in [4.69, 9.17) is 37.4 Å². The van der Waals surface area contributed by atoms with Gasteiger partial charge in [-0.05, 0) is 45.7 Å². The van der Waals surface area contributed by atoms with E-state index in [-0.39, 0.29) is 38.8 Å². The number of hydrogen-bond acceptors (Lipinski definition) is 10. The summed E-state index contributed by atoms with van der Waals surface area (Å²) in [7, 11) is 0. The highest BCUT2D eigenvalue weighted by Gasteiger charge is 2.25. The van der Waals surface area contributed by atoms with Gasteiger partial charge in [0.25, 0.3) is 11.1 Å². The van der Waals surface area contributed by atoms with Crippen LogP contribution in [0.1, 0.15) is 64.9 Å². The number of nitrogens with zero attached hydrogens (tertiary/aromatic N) is 5. The predicted molar refractivity (Wildman–Crippen MR) is 140 cm³/mol. The average molecular weight is 579 g/mol. The number of halogens is 2. The molecular formula is C24H24Cl2N6O7. The van der Waals surface area contributed by atoms with Crippen LogP contribution >= 0.6 is 23.2 Å². The van der Waals surface area contributed by atoms with Gasteiger partial charge in [-0.25, -0.2) is 19.3 Å². The van der Waals surface area contributed by atoms with E-state index < -0.39 is 34.9 Å². The standard InChI is InChI=1S/C24H24Cl2N6O7/c1-11(2)14-9-18(28-29-20(14)33)38-19-15(25)7-13(8-16(19)26)32-22(35)31(21(34)17(10-27)30-32)12(3)37-23(36)39-24(4,5)6/h7-9,11-12H,1-6H3,(H,29,33). The number of carbonyl (C=O) groups excluding carboxylic acids is 1. The smallest absolute Gasteiger partial charge is 0.434 e. The second-order valence-electron chi connectivity index (χ2n) is 9.50. The molecule has 1 aromatic carbocycles. The van der Waals surface area contributed by atoms with Crippen molar-refractivity contribution in [1.29, 1.82) is 5.26 Å². The van der Waals surface area contributed by atoms with Crippen molar-refractivity contribution in [2.75, 3.05) is 0 Å². The first-order valence-electron chi connectivity index (χ1n) is 11.5. The molecule has 15 heteroatoms. The van der Waals surface area contributed by atoms with Gasteiger partial charge in [-0.1, -0.05) is 37.0 Å². The summed E-state index contributed by atoms with van der Waals surface area (Å²) in [6.07, 6.45) is -2.59. The van der Waals surface area contributed by atoms with Gasteiger partial charge in [0.2, 0.25) is 11.6 Å². The van der Waals surface area contributed by atoms with Crippen LogP contribution in [0.4, 0.5) is 4.79 Å². The van der Waals surface area contributed by atoms with Crippen LogP contribution in [0.3, 0.4) is 0 Å². The largest absolute Gasteiger partial charge is 0.510 e. The zero-order valence-electron chi connectivity index (χ0n) is 21.7. The predicted octanol–water partition coefficient (Wildman–Crippen LogP) is 4.04. The van der Waals surface area contributed by atoms with E-state index in [0.29, 0.717) is 14.8 Å². The second kappa shape index (κ2) is 11.3. The maximum Gasteiger partial charge on any atom is 0.510 e. The van der Waals surface area contributed by atoms with Gasteiger partial charge < -0.3 is 14.2 Å². The summed E-state index contributed by atoms with van der Waals surface area (Å²) in [5.74, 6) is -0.143. The molecule has 2 heterocycles. The van der Waals surface area contributed by atoms with Crippen molar-refractivity contribution in [3.05, 3.63) is 70.7 Å². The number of nitriles is 1. The monoisotopic (exact) mass is 578 g/mol. The van der Waals surface area contributed by atoms with E-state index >= 15 is 0 Å². The number of aromatic amines is 1. The third-order valence-electron chi connectivity index (χ3n) is 5.00. The van der Waals surface area contributed by atoms with Gasteiger partial charge in [-0.2, -0.15) is 9.94 Å². The summed E-state index contributed by atoms with van der Waals surface area (Å²) in [4.78, 5) is 50.1. The van der Waals surface area contributed by atoms with E-state index in [1.165, 1.54) is 25.1 Å². The molecule has 0 bridgehead atoms. The molecular weight excluding hydrogens is 555 g/mol. The number of nitrogens with one attached hydrogen (secondary N) is 1. The minimum atomic E-state index is -1.46. The first-order valence-corrected chi connectivity index (χ1v) is 12.2. The Morgan fingerprint density at radius 1 is 1.10 bits per heavy atom. The van der Waals surface area contributed by atoms with Crippen molar-refractivity contribution >= 4 is 29.4 Å². The molecule has 0 fully saturated rings. The van der Waals surface area contributed by atoms with Crippen LogP contribution in [0, 0.1) is 11.3 Å². The molecule has 206 valence electrons. The number of H-pyrrole nitrogens is 1. The Kier molecular flexibility index (Phi) is 8.52. The highest BCUT2D eigenvalue weighted by molar-refractivity contribution is 6.37. The Morgan fingerprint density at radius 2 is 1.72 bits per heavy atom. The lowest BCUT2D eigenvalue weighted by molar-refractivity contribution is -0.0414. The molecule has 0 amide bonds. The zero-order chi connectivity index (χ0) is 29.2. The minimum Gasteiger partial charge on any atom is -0.434 e. The number of carbonyl (C=O) groups is 1. The Bertz CT molecular complexity index is 1620. The second-order valence-corrected chi connectivity index (χ2v) is 10.3. The highest BCUT2D eigenvalue weighted by atomic mass is 35.5. The first kappa shape index (κ1) is 29.4. The summed E-state index contributed by atoms with van der Waals surface area (Å²) in [6.45, 7) is 9.71. The van der Waals surface area contributed by atoms with Crippen LogP contribution < -0.4 is 21.5 Å². The molecule has 2 aromatic heterocycles. The number of ether oxygens (including phenoxy) is 3. The van der Waals surface area contributed by atoms with Gasteiger partial charge in [0.1, 0.15) is 11.7 Å². The number of aromatic nitrogens is 5. The third kappa shape index (κ3) is 6.65. The van der Waals surface area contributed by atoms with Crippen LogP contribution in [-0.4, -0.2) is 36.3 Å². The Labute approximate surface area is 231 Å². The Morgan fingerprint density at radius 3 is 2.26 bits per heavy atom. The molecule has 1 unspecified atom stereocenters. The lowest BCUT2D eigenvalue weighted by Crippen LogP contribution is -2.45. The molecule has 1 N–H and O–H groups in total. The lowest BCUT2D eigenvalue weighted by atomic mass is 10.1. The fourth-order valence-electron chi connectivity index (χ4n) is 3.27. The lowest BCUT2D eigenvalue weighted by Gasteiger charge is -2.22. The normalized spacial score (nSPS) is 12.1. The van der Waals surface area contributed by atoms with Crippen LogP contribution in [0.15, 0.2) is 32.6 Å². The zero-order valence-corrected chi connectivity index (χ0v) is 23.2. The van der Waals surface area contributed by atoms with Gasteiger partial charge in [-0.15, -0.1) is 10.2 Å². The van der Waals surface area contributed by atoms with Gasteiger partial charge in [0, 0.05) is 11.6 Å². The molecule has 3 aromatic rings. The van der Waals surface area contributed by atoms with E-state index in [1.54, 1.807) is 26.8 Å². The Hall–Kier alpha value is -4.15. The summed E-state index contributed by atoms with van der Waals surface area (Å²) in [5, 5.41) is 19.2. The number of hydrogen-bond donors (Lipinski definition) is 1. The van der Waals surface area contributed by atoms with Crippen molar-refractivity contribution in [1.82, 2.24) is 24.5 Å². The summed E-state index contributed by atoms with van der Waals surface area (Å²) >= 11 is 12.8. The maximum atomic E-state index is 13.3. The number of rotatable bonds is 6. The van der Waals surface area contributed by atoms with Crippen molar-refractivity contribution in [3.8, 4) is 23.4 Å². The quantitative estimate of drug-likeness (QED) is 0.420. The molecule has 39 heavy (non-hydrogen) atoms. The Balaban J connectivity index is 2.06. The SMILES string of the molecule is CC(C)c1cc(Oc2c(Cl)cc(-n3nc(C#N)c(=O)n(C(C)OC(=O)OC(C)(C)C)c3=O)cc2Cl)n[nH]c1=O. The van der Waals surface area contributed by atoms with Crippen LogP contribution in [0.2, 0.25) is 10.0 Å². The molecule has 0 aliphatic heterocycles. The molecule has 3 rings (SSSR count). The molecule has 0 saturated heterocycles. The maximum absolute atomic E-state index is 13.3. The number of benzene rings is 1. The van der Waals surface area contributed by atoms with Crippen molar-refractivity contribution in [2.45, 2.75) is 59.3 Å². The molecule has 0 aliphatic rings. The molecule has 0 radical (unpaired) electrons. The van der Waals surface area contributed by atoms with Crippen LogP contribution in [0.25, 0.3) is 5.69 Å². The minimum absolute atomic E-state index is 0.0126. The average Bonchev–Trinajstić information content (AvgIpc) is 2.81. The fourth-order valence-corrected chi connectivity index (χ4v) is 3.82. The third-order valence-corrected chi connectivity index (χ3v) is 5.56. The van der Waals surface area contributed by atoms with E-state index in [9.17, 15) is 24.4 Å². The van der Waals surface area contributed by atoms with E-state index in [1.807, 2.05) is 13.8 Å². The summed E-state index contributed by atoms with van der Waals surface area (Å²) in [6, 6.07) is 5.55. The fraction of sp³-hybridized carbons (Fsp3) is 0.375. The van der Waals surface area contributed by atoms with Crippen molar-refractivity contribution in [3.63, 3.8) is 0 Å². The van der Waals surface area contributed by atoms with Gasteiger partial charge >= 0.3 is 11.8 Å². The molecule has 13 nitrogen and oxygen atoms in total. The first-order chi connectivity index (χ1) is 18.1. The molecule has 1 atom stereocenters. The topological polar surface area (TPSA) is 171 Å². The van der Waals surface area contributed by atoms with E-state index in [2.05, 4.69) is 15.3 Å². The van der Waals surface area contributed by atoms with Gasteiger partial charge in [0.05, 0.1) is 15.7 Å². The van der Waals surface area contributed by atoms with Crippen LogP contribution in [-0.2, 0) is 9.47 Å². The van der Waals surface area contributed by atoms with Gasteiger partial charge in [0.15, 0.2) is 12.0 Å². The van der Waals surface area contributed by atoms with Crippen molar-refractivity contribution in [2.24, 2.45) is 0 Å².